The Kier molecular flexibility index (Phi) is 4.54. The molecule has 1 aromatic carbocycles. The van der Waals surface area contributed by atoms with Crippen molar-refractivity contribution in [3.8, 4) is 11.5 Å². The highest BCUT2D eigenvalue weighted by Crippen LogP contribution is 2.32. The summed E-state index contributed by atoms with van der Waals surface area (Å²) in [6, 6.07) is 2.62. The number of aliphatic carboxylic acids is 1. The zero-order chi connectivity index (χ0) is 17.1. The van der Waals surface area contributed by atoms with E-state index in [0.29, 0.717) is 22.0 Å². The standard InChI is InChI=1S/C15H16N2O6/c1-8-11(22-2)5-4-9(13(8)23-3)6-10-14(20)17(7-12(18)19)15(21)16-10/h4-6H,7H2,1-3H3,(H,16,21)(H,18,19)/b10-6+. The summed E-state index contributed by atoms with van der Waals surface area (Å²) in [5.41, 5.74) is 1.29. The van der Waals surface area contributed by atoms with E-state index in [1.54, 1.807) is 19.1 Å². The molecule has 2 N–H and O–H groups in total. The molecule has 2 rings (SSSR count). The van der Waals surface area contributed by atoms with Crippen LogP contribution >= 0.6 is 0 Å². The lowest BCUT2D eigenvalue weighted by atomic mass is 10.1. The lowest BCUT2D eigenvalue weighted by Crippen LogP contribution is -2.35. The molecule has 0 saturated carbocycles. The number of methoxy groups -OCH3 is 2. The van der Waals surface area contributed by atoms with Crippen molar-refractivity contribution in [2.45, 2.75) is 6.92 Å². The van der Waals surface area contributed by atoms with Crippen LogP contribution < -0.4 is 14.8 Å². The molecule has 1 aliphatic heterocycles. The van der Waals surface area contributed by atoms with E-state index in [1.165, 1.54) is 20.3 Å². The number of hydrogen-bond acceptors (Lipinski definition) is 5. The van der Waals surface area contributed by atoms with Crippen LogP contribution in [-0.2, 0) is 9.59 Å². The van der Waals surface area contributed by atoms with E-state index in [-0.39, 0.29) is 5.70 Å². The van der Waals surface area contributed by atoms with Gasteiger partial charge in [-0.15, -0.1) is 0 Å². The number of benzene rings is 1. The number of hydrogen-bond donors (Lipinski definition) is 2. The Hall–Kier alpha value is -3.03. The van der Waals surface area contributed by atoms with E-state index in [2.05, 4.69) is 5.32 Å². The number of urea groups is 1. The fraction of sp³-hybridized carbons (Fsp3) is 0.267. The predicted octanol–water partition coefficient (Wildman–Crippen LogP) is 0.990. The van der Waals surface area contributed by atoms with Gasteiger partial charge in [0.05, 0.1) is 14.2 Å². The Morgan fingerprint density at radius 1 is 1.30 bits per heavy atom. The SMILES string of the molecule is COc1ccc(/C=C2/NC(=O)N(CC(=O)O)C2=O)c(OC)c1C. The van der Waals surface area contributed by atoms with E-state index in [1.807, 2.05) is 0 Å². The number of carboxylic acids is 1. The highest BCUT2D eigenvalue weighted by Gasteiger charge is 2.35. The van der Waals surface area contributed by atoms with E-state index in [4.69, 9.17) is 14.6 Å². The minimum absolute atomic E-state index is 0.0147. The van der Waals surface area contributed by atoms with Crippen LogP contribution in [0.2, 0.25) is 0 Å². The van der Waals surface area contributed by atoms with Gasteiger partial charge in [-0.05, 0) is 25.1 Å². The van der Waals surface area contributed by atoms with Crippen molar-refractivity contribution in [2.24, 2.45) is 0 Å². The van der Waals surface area contributed by atoms with E-state index in [0.717, 1.165) is 5.56 Å². The molecule has 8 nitrogen and oxygen atoms in total. The van der Waals surface area contributed by atoms with Crippen molar-refractivity contribution in [1.29, 1.82) is 0 Å². The number of carbonyl (C=O) groups is 3. The van der Waals surface area contributed by atoms with Crippen LogP contribution in [0.25, 0.3) is 6.08 Å². The molecule has 0 bridgehead atoms. The second-order valence-electron chi connectivity index (χ2n) is 4.79. The first-order valence-electron chi connectivity index (χ1n) is 6.67. The van der Waals surface area contributed by atoms with Gasteiger partial charge in [0.15, 0.2) is 0 Å². The lowest BCUT2D eigenvalue weighted by molar-refractivity contribution is -0.140. The van der Waals surface area contributed by atoms with Gasteiger partial charge < -0.3 is 19.9 Å². The topological polar surface area (TPSA) is 105 Å². The molecular formula is C15H16N2O6. The average Bonchev–Trinajstić information content (AvgIpc) is 2.75. The molecule has 23 heavy (non-hydrogen) atoms. The van der Waals surface area contributed by atoms with Crippen LogP contribution in [0.15, 0.2) is 17.8 Å². The van der Waals surface area contributed by atoms with E-state index in [9.17, 15) is 14.4 Å². The molecule has 3 amide bonds. The van der Waals surface area contributed by atoms with Crippen LogP contribution in [0.5, 0.6) is 11.5 Å². The summed E-state index contributed by atoms with van der Waals surface area (Å²) in [5, 5.41) is 11.1. The van der Waals surface area contributed by atoms with E-state index < -0.39 is 24.5 Å². The van der Waals surface area contributed by atoms with Crippen LogP contribution in [0.3, 0.4) is 0 Å². The summed E-state index contributed by atoms with van der Waals surface area (Å²) in [5.74, 6) is -0.852. The van der Waals surface area contributed by atoms with Gasteiger partial charge in [0.2, 0.25) is 0 Å². The first-order chi connectivity index (χ1) is 10.9. The van der Waals surface area contributed by atoms with Crippen molar-refractivity contribution < 1.29 is 29.0 Å². The summed E-state index contributed by atoms with van der Waals surface area (Å²) in [4.78, 5) is 35.1. The molecule has 0 spiro atoms. The highest BCUT2D eigenvalue weighted by molar-refractivity contribution is 6.15. The Morgan fingerprint density at radius 2 is 2.00 bits per heavy atom. The molecule has 0 aromatic heterocycles. The summed E-state index contributed by atoms with van der Waals surface area (Å²) < 4.78 is 10.5. The van der Waals surface area contributed by atoms with Crippen molar-refractivity contribution >= 4 is 24.0 Å². The Labute approximate surface area is 132 Å². The highest BCUT2D eigenvalue weighted by atomic mass is 16.5. The second-order valence-corrected chi connectivity index (χ2v) is 4.79. The lowest BCUT2D eigenvalue weighted by Gasteiger charge is -2.12. The first-order valence-corrected chi connectivity index (χ1v) is 6.67. The molecule has 122 valence electrons. The quantitative estimate of drug-likeness (QED) is 0.619. The van der Waals surface area contributed by atoms with Gasteiger partial charge in [0.25, 0.3) is 5.91 Å². The molecule has 1 heterocycles. The predicted molar refractivity (Wildman–Crippen MR) is 80.1 cm³/mol. The summed E-state index contributed by atoms with van der Waals surface area (Å²) in [6.07, 6.45) is 1.44. The van der Waals surface area contributed by atoms with Gasteiger partial charge in [-0.1, -0.05) is 0 Å². The average molecular weight is 320 g/mol. The Bertz CT molecular complexity index is 710. The zero-order valence-electron chi connectivity index (χ0n) is 12.9. The summed E-state index contributed by atoms with van der Waals surface area (Å²) >= 11 is 0. The number of carbonyl (C=O) groups excluding carboxylic acids is 2. The van der Waals surface area contributed by atoms with Crippen molar-refractivity contribution in [2.75, 3.05) is 20.8 Å². The number of carboxylic acid groups (broad SMARTS) is 1. The molecular weight excluding hydrogens is 304 g/mol. The van der Waals surface area contributed by atoms with Gasteiger partial charge in [-0.2, -0.15) is 0 Å². The second kappa shape index (κ2) is 6.39. The molecule has 8 heteroatoms. The largest absolute Gasteiger partial charge is 0.496 e. The molecule has 0 aliphatic carbocycles. The molecule has 1 fully saturated rings. The van der Waals surface area contributed by atoms with Gasteiger partial charge in [-0.3, -0.25) is 9.59 Å². The number of imide groups is 1. The van der Waals surface area contributed by atoms with Crippen molar-refractivity contribution in [3.63, 3.8) is 0 Å². The molecule has 1 aliphatic rings. The van der Waals surface area contributed by atoms with Crippen LogP contribution in [0.1, 0.15) is 11.1 Å². The maximum atomic E-state index is 12.1. The smallest absolute Gasteiger partial charge is 0.329 e. The minimum Gasteiger partial charge on any atom is -0.496 e. The fourth-order valence-electron chi connectivity index (χ4n) is 2.31. The third-order valence-corrected chi connectivity index (χ3v) is 3.37. The number of rotatable bonds is 5. The van der Waals surface area contributed by atoms with Gasteiger partial charge >= 0.3 is 12.0 Å². The molecule has 0 atom stereocenters. The van der Waals surface area contributed by atoms with Gasteiger partial charge in [0.1, 0.15) is 23.7 Å². The zero-order valence-corrected chi connectivity index (χ0v) is 12.9. The molecule has 0 unspecified atom stereocenters. The third-order valence-electron chi connectivity index (χ3n) is 3.37. The number of amides is 3. The molecule has 1 aromatic rings. The first kappa shape index (κ1) is 16.3. The number of ether oxygens (including phenoxy) is 2. The van der Waals surface area contributed by atoms with E-state index >= 15 is 0 Å². The van der Waals surface area contributed by atoms with Crippen LogP contribution in [-0.4, -0.2) is 48.7 Å². The number of nitrogens with one attached hydrogen (secondary N) is 1. The van der Waals surface area contributed by atoms with Crippen molar-refractivity contribution in [3.05, 3.63) is 29.0 Å². The maximum Gasteiger partial charge on any atom is 0.329 e. The summed E-state index contributed by atoms with van der Waals surface area (Å²) in [6.45, 7) is 1.10. The Morgan fingerprint density at radius 3 is 2.57 bits per heavy atom. The monoisotopic (exact) mass is 320 g/mol. The van der Waals surface area contributed by atoms with Gasteiger partial charge in [-0.25, -0.2) is 9.69 Å². The van der Waals surface area contributed by atoms with Crippen LogP contribution in [0.4, 0.5) is 4.79 Å². The fourth-order valence-corrected chi connectivity index (χ4v) is 2.31. The van der Waals surface area contributed by atoms with Gasteiger partial charge in [0, 0.05) is 11.1 Å². The maximum absolute atomic E-state index is 12.1. The number of nitrogens with zero attached hydrogens (tertiary/aromatic N) is 1. The third kappa shape index (κ3) is 3.10. The Balaban J connectivity index is 2.40. The molecule has 1 saturated heterocycles. The van der Waals surface area contributed by atoms with Crippen LogP contribution in [0, 0.1) is 6.92 Å². The minimum atomic E-state index is -1.27. The summed E-state index contributed by atoms with van der Waals surface area (Å²) in [7, 11) is 3.01. The van der Waals surface area contributed by atoms with Crippen molar-refractivity contribution in [1.82, 2.24) is 10.2 Å². The molecule has 0 radical (unpaired) electrons. The normalized spacial score (nSPS) is 15.8.